The molecule has 1 saturated carbocycles. The first-order valence-electron chi connectivity index (χ1n) is 16.8. The zero-order valence-electron chi connectivity index (χ0n) is 29.2. The van der Waals surface area contributed by atoms with E-state index in [1.54, 1.807) is 41.3 Å². The number of halogens is 1. The average molecular weight is 769 g/mol. The molecule has 268 valence electrons. The Morgan fingerprint density at radius 3 is 1.79 bits per heavy atom. The Kier molecular flexibility index (Phi) is 14.0. The molecule has 0 aliphatic heterocycles. The van der Waals surface area contributed by atoms with Gasteiger partial charge < -0.3 is 22.1 Å². The van der Waals surface area contributed by atoms with E-state index < -0.39 is 0 Å². The molecule has 1 fully saturated rings. The van der Waals surface area contributed by atoms with Gasteiger partial charge in [0.1, 0.15) is 0 Å². The first-order valence-corrected chi connectivity index (χ1v) is 20.8. The van der Waals surface area contributed by atoms with Crippen LogP contribution in [0.5, 0.6) is 0 Å². The van der Waals surface area contributed by atoms with E-state index in [9.17, 15) is 14.0 Å². The van der Waals surface area contributed by atoms with Crippen molar-refractivity contribution in [2.45, 2.75) is 42.6 Å². The van der Waals surface area contributed by atoms with Crippen molar-refractivity contribution in [3.8, 4) is 20.9 Å². The molecule has 6 aromatic rings. The molecule has 0 atom stereocenters. The Hall–Kier alpha value is -4.55. The van der Waals surface area contributed by atoms with E-state index in [1.807, 2.05) is 116 Å². The second-order valence-corrected chi connectivity index (χ2v) is 15.8. The molecular weight excluding hydrogens is 728 g/mol. The van der Waals surface area contributed by atoms with Gasteiger partial charge in [0.25, 0.3) is 11.8 Å². The quantitative estimate of drug-likeness (QED) is 0.103. The highest BCUT2D eigenvalue weighted by atomic mass is 32.2. The minimum Gasteiger partial charge on any atom is -0.397 e. The third-order valence-electron chi connectivity index (χ3n) is 7.74. The van der Waals surface area contributed by atoms with Crippen molar-refractivity contribution in [3.05, 3.63) is 136 Å². The number of thioether (sulfide) groups is 2. The van der Waals surface area contributed by atoms with E-state index in [4.69, 9.17) is 11.5 Å². The monoisotopic (exact) mass is 768 g/mol. The Balaban J connectivity index is 0.000000193. The van der Waals surface area contributed by atoms with E-state index in [0.29, 0.717) is 33.9 Å². The molecule has 0 radical (unpaired) electrons. The van der Waals surface area contributed by atoms with Crippen LogP contribution in [-0.4, -0.2) is 23.3 Å². The second-order valence-electron chi connectivity index (χ2n) is 11.6. The fourth-order valence-electron chi connectivity index (χ4n) is 4.92. The molecule has 0 bridgehead atoms. The van der Waals surface area contributed by atoms with Crippen molar-refractivity contribution >= 4 is 80.8 Å². The summed E-state index contributed by atoms with van der Waals surface area (Å²) in [4.78, 5) is 28.1. The Labute approximate surface area is 321 Å². The Bertz CT molecular complexity index is 2080. The molecular formula is C41H41FN4O2S4. The van der Waals surface area contributed by atoms with Gasteiger partial charge in [-0.15, -0.1) is 34.4 Å². The lowest BCUT2D eigenvalue weighted by Gasteiger charge is -2.10. The van der Waals surface area contributed by atoms with Crippen LogP contribution in [-0.2, 0) is 5.75 Å². The van der Waals surface area contributed by atoms with Crippen LogP contribution < -0.4 is 22.1 Å². The third kappa shape index (κ3) is 10.7. The van der Waals surface area contributed by atoms with Gasteiger partial charge in [0.05, 0.1) is 22.7 Å². The van der Waals surface area contributed by atoms with Crippen LogP contribution in [0, 0.1) is 5.13 Å². The summed E-state index contributed by atoms with van der Waals surface area (Å²) in [6.45, 7) is 4.00. The minimum atomic E-state index is -0.244. The van der Waals surface area contributed by atoms with Gasteiger partial charge >= 0.3 is 0 Å². The molecule has 1 aliphatic rings. The lowest BCUT2D eigenvalue weighted by atomic mass is 10.1. The molecule has 1 aliphatic carbocycles. The Morgan fingerprint density at radius 2 is 1.31 bits per heavy atom. The van der Waals surface area contributed by atoms with Crippen molar-refractivity contribution in [2.75, 3.05) is 28.4 Å². The molecule has 6 nitrogen and oxygen atoms in total. The van der Waals surface area contributed by atoms with Crippen LogP contribution in [0.25, 0.3) is 20.9 Å². The smallest absolute Gasteiger partial charge is 0.255 e. The molecule has 0 saturated heterocycles. The molecule has 0 unspecified atom stereocenters. The number of rotatable bonds is 10. The second kappa shape index (κ2) is 18.8. The maximum atomic E-state index is 13.3. The van der Waals surface area contributed by atoms with Crippen LogP contribution in [0.1, 0.15) is 53.0 Å². The van der Waals surface area contributed by atoms with Gasteiger partial charge in [0.15, 0.2) is 5.13 Å². The van der Waals surface area contributed by atoms with Crippen molar-refractivity contribution in [1.82, 2.24) is 0 Å². The number of nitrogens with one attached hydrogen (secondary N) is 2. The summed E-state index contributed by atoms with van der Waals surface area (Å²) in [5.41, 5.74) is 18.5. The van der Waals surface area contributed by atoms with Gasteiger partial charge in [-0.1, -0.05) is 44.2 Å². The maximum Gasteiger partial charge on any atom is 0.255 e. The SMILES string of the molecule is CC.CSCc1ccc(C(=O)Nc2cc(-c3cccs3)ccc2N)cc1.Nc1ccc(-c2ccc(F)s2)cc1NC(=O)c1ccc(SC2CC2)cc1. The fourth-order valence-corrected chi connectivity index (χ4v) is 7.95. The molecule has 2 amide bonds. The van der Waals surface area contributed by atoms with Gasteiger partial charge in [-0.25, -0.2) is 0 Å². The van der Waals surface area contributed by atoms with Crippen molar-refractivity contribution in [2.24, 2.45) is 0 Å². The molecule has 2 heterocycles. The largest absolute Gasteiger partial charge is 0.397 e. The van der Waals surface area contributed by atoms with E-state index >= 15 is 0 Å². The fraction of sp³-hybridized carbons (Fsp3) is 0.171. The van der Waals surface area contributed by atoms with Gasteiger partial charge in [0.2, 0.25) is 0 Å². The maximum absolute atomic E-state index is 13.3. The molecule has 4 aromatic carbocycles. The summed E-state index contributed by atoms with van der Waals surface area (Å²) >= 11 is 6.33. The highest BCUT2D eigenvalue weighted by Gasteiger charge is 2.22. The number of hydrogen-bond acceptors (Lipinski definition) is 8. The van der Waals surface area contributed by atoms with Crippen LogP contribution >= 0.6 is 46.2 Å². The standard InChI is InChI=1S/C20H17FN2OS2.C19H18N2OS2.C2H6/c21-19-10-9-18(26-19)13-3-8-16(22)17(11-13)23-20(24)12-1-4-14(5-2-12)25-15-6-7-15;1-23-12-13-4-6-14(7-5-13)19(22)21-17-11-15(8-9-16(17)20)18-3-2-10-24-18;1-2/h1-5,8-11,15H,6-7,22H2,(H,23,24);2-11H,12,20H2,1H3,(H,21,22);1-2H3. The van der Waals surface area contributed by atoms with Crippen LogP contribution in [0.4, 0.5) is 27.1 Å². The van der Waals surface area contributed by atoms with Gasteiger partial charge in [-0.2, -0.15) is 16.2 Å². The minimum absolute atomic E-state index is 0.152. The number of hydrogen-bond donors (Lipinski definition) is 4. The van der Waals surface area contributed by atoms with Gasteiger partial charge in [-0.05, 0) is 120 Å². The lowest BCUT2D eigenvalue weighted by Crippen LogP contribution is -2.13. The van der Waals surface area contributed by atoms with Crippen LogP contribution in [0.2, 0.25) is 0 Å². The zero-order chi connectivity index (χ0) is 37.0. The van der Waals surface area contributed by atoms with E-state index in [2.05, 4.69) is 16.9 Å². The van der Waals surface area contributed by atoms with Gasteiger partial charge in [0, 0.05) is 36.8 Å². The number of amides is 2. The summed E-state index contributed by atoms with van der Waals surface area (Å²) in [5, 5.41) is 8.29. The first kappa shape index (κ1) is 38.7. The van der Waals surface area contributed by atoms with Crippen LogP contribution in [0.3, 0.4) is 0 Å². The molecule has 7 rings (SSSR count). The zero-order valence-corrected chi connectivity index (χ0v) is 32.4. The number of nitrogens with two attached hydrogens (primary N) is 2. The number of benzene rings is 4. The van der Waals surface area contributed by atoms with Gasteiger partial charge in [-0.3, -0.25) is 9.59 Å². The summed E-state index contributed by atoms with van der Waals surface area (Å²) in [7, 11) is 0. The lowest BCUT2D eigenvalue weighted by molar-refractivity contribution is 0.101. The summed E-state index contributed by atoms with van der Waals surface area (Å²) < 4.78 is 13.3. The Morgan fingerprint density at radius 1 is 0.750 bits per heavy atom. The predicted octanol–water partition coefficient (Wildman–Crippen LogP) is 11.8. The average Bonchev–Trinajstić information content (AvgIpc) is 3.59. The van der Waals surface area contributed by atoms with E-state index in [1.165, 1.54) is 29.4 Å². The van der Waals surface area contributed by atoms with Crippen molar-refractivity contribution < 1.29 is 14.0 Å². The van der Waals surface area contributed by atoms with Crippen molar-refractivity contribution in [3.63, 3.8) is 0 Å². The van der Waals surface area contributed by atoms with Crippen LogP contribution in [0.15, 0.2) is 119 Å². The predicted molar refractivity (Wildman–Crippen MR) is 225 cm³/mol. The number of carbonyl (C=O) groups excluding carboxylic acids is 2. The molecule has 52 heavy (non-hydrogen) atoms. The number of nitrogen functional groups attached to an aromatic ring is 2. The van der Waals surface area contributed by atoms with E-state index in [-0.39, 0.29) is 16.9 Å². The molecule has 6 N–H and O–H groups in total. The number of anilines is 4. The molecule has 11 heteroatoms. The number of thiophene rings is 2. The first-order chi connectivity index (χ1) is 25.2. The highest BCUT2D eigenvalue weighted by molar-refractivity contribution is 8.00. The third-order valence-corrected chi connectivity index (χ3v) is 11.5. The van der Waals surface area contributed by atoms with Crippen molar-refractivity contribution in [1.29, 1.82) is 0 Å². The summed E-state index contributed by atoms with van der Waals surface area (Å²) in [6, 6.07) is 33.5. The number of carbonyl (C=O) groups is 2. The highest BCUT2D eigenvalue weighted by Crippen LogP contribution is 2.39. The molecule has 2 aromatic heterocycles. The molecule has 0 spiro atoms. The van der Waals surface area contributed by atoms with E-state index in [0.717, 1.165) is 43.2 Å². The summed E-state index contributed by atoms with van der Waals surface area (Å²) in [5.74, 6) is 0.576. The normalized spacial score (nSPS) is 11.8. The topological polar surface area (TPSA) is 110 Å². The summed E-state index contributed by atoms with van der Waals surface area (Å²) in [6.07, 6.45) is 4.61.